The Kier molecular flexibility index (Phi) is 7.47. The van der Waals surface area contributed by atoms with Crippen molar-refractivity contribution in [3.8, 4) is 40.3 Å². The van der Waals surface area contributed by atoms with Crippen molar-refractivity contribution >= 4 is 20.7 Å². The van der Waals surface area contributed by atoms with Gasteiger partial charge in [0, 0.05) is 42.2 Å². The van der Waals surface area contributed by atoms with E-state index in [-0.39, 0.29) is 35.2 Å². The van der Waals surface area contributed by atoms with Crippen molar-refractivity contribution in [1.82, 2.24) is 9.55 Å². The van der Waals surface area contributed by atoms with E-state index in [1.54, 1.807) is 30.8 Å². The molecule has 0 fully saturated rings. The van der Waals surface area contributed by atoms with E-state index in [1.807, 2.05) is 0 Å². The third kappa shape index (κ3) is 5.28. The number of aliphatic hydroxyl groups excluding tert-OH is 1. The first-order chi connectivity index (χ1) is 17.7. The molecule has 0 atom stereocenters. The maximum Gasteiger partial charge on any atom is 0.239 e. The van der Waals surface area contributed by atoms with Crippen LogP contribution in [0.5, 0.6) is 17.4 Å². The van der Waals surface area contributed by atoms with Gasteiger partial charge in [0.2, 0.25) is 5.88 Å². The molecule has 0 unspecified atom stereocenters. The van der Waals surface area contributed by atoms with E-state index in [1.165, 1.54) is 25.3 Å². The molecule has 192 valence electrons. The van der Waals surface area contributed by atoms with Crippen LogP contribution in [0, 0.1) is 23.5 Å². The molecule has 2 heterocycles. The van der Waals surface area contributed by atoms with Crippen LogP contribution in [-0.4, -0.2) is 42.5 Å². The number of rotatable bonds is 7. The number of benzene rings is 2. The molecule has 1 N–H and O–H groups in total. The summed E-state index contributed by atoms with van der Waals surface area (Å²) in [5.41, 5.74) is 1.93. The smallest absolute Gasteiger partial charge is 0.239 e. The summed E-state index contributed by atoms with van der Waals surface area (Å²) in [6.07, 6.45) is 2.02. The molecule has 10 heteroatoms. The number of aromatic nitrogens is 2. The number of hydrogen-bond acceptors (Lipinski definition) is 6. The third-order valence-corrected chi connectivity index (χ3v) is 7.40. The molecule has 0 spiro atoms. The van der Waals surface area contributed by atoms with E-state index in [9.17, 15) is 17.2 Å². The third-order valence-electron chi connectivity index (χ3n) is 5.67. The Morgan fingerprint density at radius 3 is 2.51 bits per heavy atom. The van der Waals surface area contributed by atoms with E-state index >= 15 is 0 Å². The highest BCUT2D eigenvalue weighted by Crippen LogP contribution is 2.42. The van der Waals surface area contributed by atoms with Crippen LogP contribution in [0.2, 0.25) is 0 Å². The lowest BCUT2D eigenvalue weighted by Crippen LogP contribution is -2.04. The molecular formula is C27H24F2N2O5S. The summed E-state index contributed by atoms with van der Waals surface area (Å²) >= 11 is 0. The van der Waals surface area contributed by atoms with Crippen LogP contribution >= 0.6 is 0 Å². The van der Waals surface area contributed by atoms with Crippen molar-refractivity contribution in [3.05, 3.63) is 66.0 Å². The Bertz CT molecular complexity index is 1650. The minimum absolute atomic E-state index is 0.0675. The molecule has 4 aromatic rings. The standard InChI is InChI=1S/C27H24F2N2O5S/c1-4-37(33,34)19-9-11-24(36-25-10-8-17(28)13-23(25)29)20(15-19)22-16-31(2)26-21(22)14-18(7-5-6-12-32)30-27(26)35-3/h8-11,13-16,32H,4,6,12H2,1-3H3. The van der Waals surface area contributed by atoms with Gasteiger partial charge in [0.1, 0.15) is 22.8 Å². The van der Waals surface area contributed by atoms with Gasteiger partial charge in [0.05, 0.1) is 24.4 Å². The topological polar surface area (TPSA) is 90.7 Å². The highest BCUT2D eigenvalue weighted by Gasteiger charge is 2.22. The number of halogens is 2. The SMILES string of the molecule is CCS(=O)(=O)c1ccc(Oc2ccc(F)cc2F)c(-c2cn(C)c3c(OC)nc(C#CCCO)cc23)c1. The minimum atomic E-state index is -3.58. The average Bonchev–Trinajstić information content (AvgIpc) is 3.21. The van der Waals surface area contributed by atoms with Gasteiger partial charge >= 0.3 is 0 Å². The first-order valence-corrected chi connectivity index (χ1v) is 13.0. The van der Waals surface area contributed by atoms with E-state index < -0.39 is 21.5 Å². The molecule has 0 aliphatic heterocycles. The molecule has 2 aromatic carbocycles. The summed E-state index contributed by atoms with van der Waals surface area (Å²) in [4.78, 5) is 4.50. The molecule has 2 aromatic heterocycles. The van der Waals surface area contributed by atoms with E-state index in [4.69, 9.17) is 14.6 Å². The monoisotopic (exact) mass is 526 g/mol. The summed E-state index contributed by atoms with van der Waals surface area (Å²) in [7, 11) is -0.334. The molecule has 0 aliphatic rings. The average molecular weight is 527 g/mol. The number of nitrogens with zero attached hydrogens (tertiary/aromatic N) is 2. The van der Waals surface area contributed by atoms with Gasteiger partial charge in [-0.3, -0.25) is 0 Å². The Morgan fingerprint density at radius 2 is 1.84 bits per heavy atom. The normalized spacial score (nSPS) is 11.3. The lowest BCUT2D eigenvalue weighted by atomic mass is 10.0. The van der Waals surface area contributed by atoms with Crippen LogP contribution in [0.3, 0.4) is 0 Å². The maximum atomic E-state index is 14.4. The van der Waals surface area contributed by atoms with E-state index in [0.717, 1.165) is 12.1 Å². The molecule has 0 aliphatic carbocycles. The van der Waals surface area contributed by atoms with Gasteiger partial charge in [0.15, 0.2) is 21.4 Å². The number of hydrogen-bond donors (Lipinski definition) is 1. The molecule has 0 bridgehead atoms. The quantitative estimate of drug-likeness (QED) is 0.347. The van der Waals surface area contributed by atoms with Crippen LogP contribution in [0.15, 0.2) is 53.6 Å². The Labute approximate surface area is 213 Å². The predicted octanol–water partition coefficient (Wildman–Crippen LogP) is 4.85. The number of aliphatic hydroxyl groups is 1. The first kappa shape index (κ1) is 26.1. The van der Waals surface area contributed by atoms with Gasteiger partial charge < -0.3 is 19.1 Å². The second kappa shape index (κ2) is 10.6. The van der Waals surface area contributed by atoms with Crippen LogP contribution in [-0.2, 0) is 16.9 Å². The number of methoxy groups -OCH3 is 1. The molecule has 0 saturated carbocycles. The lowest BCUT2D eigenvalue weighted by Gasteiger charge is -2.14. The van der Waals surface area contributed by atoms with Crippen molar-refractivity contribution in [2.45, 2.75) is 18.2 Å². The highest BCUT2D eigenvalue weighted by atomic mass is 32.2. The predicted molar refractivity (Wildman–Crippen MR) is 135 cm³/mol. The van der Waals surface area contributed by atoms with Crippen molar-refractivity contribution in [2.24, 2.45) is 7.05 Å². The van der Waals surface area contributed by atoms with Gasteiger partial charge in [0.25, 0.3) is 0 Å². The van der Waals surface area contributed by atoms with Crippen molar-refractivity contribution in [3.63, 3.8) is 0 Å². The van der Waals surface area contributed by atoms with Crippen LogP contribution < -0.4 is 9.47 Å². The van der Waals surface area contributed by atoms with Gasteiger partial charge in [-0.05, 0) is 42.3 Å². The maximum absolute atomic E-state index is 14.4. The van der Waals surface area contributed by atoms with E-state index in [2.05, 4.69) is 16.8 Å². The summed E-state index contributed by atoms with van der Waals surface area (Å²) in [6.45, 7) is 1.45. The number of pyridine rings is 1. The number of ether oxygens (including phenoxy) is 2. The fraction of sp³-hybridized carbons (Fsp3) is 0.222. The van der Waals surface area contributed by atoms with Crippen LogP contribution in [0.1, 0.15) is 19.0 Å². The van der Waals surface area contributed by atoms with Crippen LogP contribution in [0.4, 0.5) is 8.78 Å². The lowest BCUT2D eigenvalue weighted by molar-refractivity contribution is 0.305. The van der Waals surface area contributed by atoms with Crippen molar-refractivity contribution in [1.29, 1.82) is 0 Å². The number of sulfone groups is 1. The van der Waals surface area contributed by atoms with Crippen molar-refractivity contribution in [2.75, 3.05) is 19.5 Å². The fourth-order valence-corrected chi connectivity index (χ4v) is 4.77. The first-order valence-electron chi connectivity index (χ1n) is 11.3. The van der Waals surface area contributed by atoms with Gasteiger partial charge in [-0.1, -0.05) is 12.8 Å². The molecular weight excluding hydrogens is 502 g/mol. The molecule has 7 nitrogen and oxygen atoms in total. The summed E-state index contributed by atoms with van der Waals surface area (Å²) in [5, 5.41) is 9.69. The largest absolute Gasteiger partial charge is 0.479 e. The Morgan fingerprint density at radius 1 is 1.08 bits per heavy atom. The summed E-state index contributed by atoms with van der Waals surface area (Å²) in [6, 6.07) is 8.96. The zero-order valence-corrected chi connectivity index (χ0v) is 21.2. The highest BCUT2D eigenvalue weighted by molar-refractivity contribution is 7.91. The zero-order valence-electron chi connectivity index (χ0n) is 20.4. The Hall–Kier alpha value is -3.94. The van der Waals surface area contributed by atoms with E-state index in [0.29, 0.717) is 39.7 Å². The molecule has 0 amide bonds. The summed E-state index contributed by atoms with van der Waals surface area (Å²) < 4.78 is 66.4. The van der Waals surface area contributed by atoms with Crippen LogP contribution in [0.25, 0.3) is 22.0 Å². The fourth-order valence-electron chi connectivity index (χ4n) is 3.86. The zero-order chi connectivity index (χ0) is 26.7. The molecule has 37 heavy (non-hydrogen) atoms. The van der Waals surface area contributed by atoms with Gasteiger partial charge in [-0.25, -0.2) is 22.2 Å². The second-order valence-corrected chi connectivity index (χ2v) is 10.4. The minimum Gasteiger partial charge on any atom is -0.479 e. The number of fused-ring (bicyclic) bond motifs is 1. The number of aryl methyl sites for hydroxylation is 1. The molecule has 0 saturated heterocycles. The molecule has 0 radical (unpaired) electrons. The Balaban J connectivity index is 1.99. The molecule has 4 rings (SSSR count). The van der Waals surface area contributed by atoms with Crippen molar-refractivity contribution < 1.29 is 31.8 Å². The summed E-state index contributed by atoms with van der Waals surface area (Å²) in [5.74, 6) is 4.19. The van der Waals surface area contributed by atoms with Gasteiger partial charge in [-0.2, -0.15) is 0 Å². The van der Waals surface area contributed by atoms with Gasteiger partial charge in [-0.15, -0.1) is 0 Å². The second-order valence-electron chi connectivity index (χ2n) is 8.08.